The topological polar surface area (TPSA) is 21.3 Å². The van der Waals surface area contributed by atoms with Gasteiger partial charge in [-0.25, -0.2) is 4.39 Å². The first kappa shape index (κ1) is 13.7. The van der Waals surface area contributed by atoms with Crippen LogP contribution in [0.3, 0.4) is 0 Å². The van der Waals surface area contributed by atoms with Crippen molar-refractivity contribution in [2.24, 2.45) is 0 Å². The van der Waals surface area contributed by atoms with Crippen LogP contribution in [0.25, 0.3) is 0 Å². The van der Waals surface area contributed by atoms with Gasteiger partial charge in [0.2, 0.25) is 0 Å². The van der Waals surface area contributed by atoms with E-state index in [-0.39, 0.29) is 17.6 Å². The van der Waals surface area contributed by atoms with Gasteiger partial charge in [-0.2, -0.15) is 0 Å². The predicted molar refractivity (Wildman–Crippen MR) is 68.8 cm³/mol. The highest BCUT2D eigenvalue weighted by Gasteiger charge is 2.13. The van der Waals surface area contributed by atoms with Crippen molar-refractivity contribution in [3.8, 4) is 5.75 Å². The van der Waals surface area contributed by atoms with E-state index in [0.29, 0.717) is 0 Å². The molecule has 0 bridgehead atoms. The minimum absolute atomic E-state index is 0.0458. The summed E-state index contributed by atoms with van der Waals surface area (Å²) in [4.78, 5) is 0. The van der Waals surface area contributed by atoms with Crippen molar-refractivity contribution in [3.63, 3.8) is 0 Å². The number of nitrogens with one attached hydrogen (secondary N) is 1. The van der Waals surface area contributed by atoms with Gasteiger partial charge >= 0.3 is 0 Å². The highest BCUT2D eigenvalue weighted by atomic mass is 19.1. The quantitative estimate of drug-likeness (QED) is 0.765. The van der Waals surface area contributed by atoms with Gasteiger partial charge in [0.15, 0.2) is 11.6 Å². The third-order valence-electron chi connectivity index (χ3n) is 2.60. The van der Waals surface area contributed by atoms with Crippen molar-refractivity contribution < 1.29 is 9.13 Å². The summed E-state index contributed by atoms with van der Waals surface area (Å²) < 4.78 is 18.3. The van der Waals surface area contributed by atoms with E-state index in [1.54, 1.807) is 12.1 Å². The third kappa shape index (κ3) is 3.56. The smallest absolute Gasteiger partial charge is 0.165 e. The molecule has 0 spiro atoms. The molecule has 0 aromatic heterocycles. The van der Waals surface area contributed by atoms with Crippen molar-refractivity contribution in [1.29, 1.82) is 0 Å². The molecule has 1 N–H and O–H groups in total. The van der Waals surface area contributed by atoms with Crippen LogP contribution in [0, 0.1) is 5.82 Å². The number of halogens is 1. The van der Waals surface area contributed by atoms with E-state index in [4.69, 9.17) is 4.74 Å². The maximum atomic E-state index is 13.3. The fraction of sp³-hybridized carbons (Fsp3) is 0.429. The van der Waals surface area contributed by atoms with E-state index in [1.165, 1.54) is 13.2 Å². The number of rotatable bonds is 6. The van der Waals surface area contributed by atoms with E-state index in [0.717, 1.165) is 24.1 Å². The lowest BCUT2D eigenvalue weighted by Gasteiger charge is -2.19. The molecule has 1 rings (SSSR count). The van der Waals surface area contributed by atoms with Gasteiger partial charge in [0, 0.05) is 0 Å². The zero-order chi connectivity index (χ0) is 12.8. The molecule has 0 aliphatic heterocycles. The Morgan fingerprint density at radius 3 is 2.76 bits per heavy atom. The monoisotopic (exact) mass is 237 g/mol. The van der Waals surface area contributed by atoms with Crippen LogP contribution in [0.15, 0.2) is 30.4 Å². The highest BCUT2D eigenvalue weighted by Crippen LogP contribution is 2.26. The zero-order valence-corrected chi connectivity index (χ0v) is 10.7. The molecule has 0 radical (unpaired) electrons. The maximum absolute atomic E-state index is 13.3. The van der Waals surface area contributed by atoms with Crippen molar-refractivity contribution in [2.45, 2.75) is 26.3 Å². The zero-order valence-electron chi connectivity index (χ0n) is 10.7. The average Bonchev–Trinajstić information content (AvgIpc) is 2.31. The molecular weight excluding hydrogens is 217 g/mol. The van der Waals surface area contributed by atoms with Gasteiger partial charge < -0.3 is 10.1 Å². The first-order valence-corrected chi connectivity index (χ1v) is 5.82. The second-order valence-electron chi connectivity index (χ2n) is 4.13. The summed E-state index contributed by atoms with van der Waals surface area (Å²) in [5.74, 6) is -0.0701. The molecule has 2 nitrogen and oxygen atoms in total. The SMILES string of the molecule is C=C(C)C(NCCC)c1ccc(F)c(OC)c1. The summed E-state index contributed by atoms with van der Waals surface area (Å²) in [5.41, 5.74) is 1.98. The molecule has 3 heteroatoms. The van der Waals surface area contributed by atoms with Crippen molar-refractivity contribution in [1.82, 2.24) is 5.32 Å². The predicted octanol–water partition coefficient (Wildman–Crippen LogP) is 3.45. The first-order valence-electron chi connectivity index (χ1n) is 5.82. The maximum Gasteiger partial charge on any atom is 0.165 e. The van der Waals surface area contributed by atoms with Crippen LogP contribution in [-0.2, 0) is 0 Å². The standard InChI is InChI=1S/C14H20FNO/c1-5-8-16-14(10(2)3)11-6-7-12(15)13(9-11)17-4/h6-7,9,14,16H,2,5,8H2,1,3-4H3. The van der Waals surface area contributed by atoms with Crippen LogP contribution in [0.2, 0.25) is 0 Å². The molecule has 0 saturated heterocycles. The number of methoxy groups -OCH3 is 1. The minimum atomic E-state index is -0.341. The molecular formula is C14H20FNO. The van der Waals surface area contributed by atoms with Crippen LogP contribution < -0.4 is 10.1 Å². The van der Waals surface area contributed by atoms with Gasteiger partial charge in [-0.15, -0.1) is 0 Å². The summed E-state index contributed by atoms with van der Waals surface area (Å²) >= 11 is 0. The molecule has 0 amide bonds. The number of benzene rings is 1. The summed E-state index contributed by atoms with van der Waals surface area (Å²) in [5, 5.41) is 3.38. The molecule has 1 aromatic rings. The fourth-order valence-corrected chi connectivity index (χ4v) is 1.72. The molecule has 0 fully saturated rings. The van der Waals surface area contributed by atoms with E-state index >= 15 is 0 Å². The Morgan fingerprint density at radius 1 is 1.53 bits per heavy atom. The van der Waals surface area contributed by atoms with Gasteiger partial charge in [-0.3, -0.25) is 0 Å². The fourth-order valence-electron chi connectivity index (χ4n) is 1.72. The summed E-state index contributed by atoms with van der Waals surface area (Å²) in [6.07, 6.45) is 1.04. The molecule has 17 heavy (non-hydrogen) atoms. The normalized spacial score (nSPS) is 12.2. The van der Waals surface area contributed by atoms with Crippen LogP contribution in [0.1, 0.15) is 31.9 Å². The lowest BCUT2D eigenvalue weighted by Crippen LogP contribution is -2.22. The average molecular weight is 237 g/mol. The molecule has 0 aliphatic rings. The Bertz CT molecular complexity index is 390. The number of hydrogen-bond donors (Lipinski definition) is 1. The summed E-state index contributed by atoms with van der Waals surface area (Å²) in [6, 6.07) is 4.96. The Morgan fingerprint density at radius 2 is 2.24 bits per heavy atom. The third-order valence-corrected chi connectivity index (χ3v) is 2.60. The Balaban J connectivity index is 2.97. The van der Waals surface area contributed by atoms with Gasteiger partial charge in [0.25, 0.3) is 0 Å². The van der Waals surface area contributed by atoms with Crippen molar-refractivity contribution >= 4 is 0 Å². The van der Waals surface area contributed by atoms with Crippen molar-refractivity contribution in [2.75, 3.05) is 13.7 Å². The molecule has 0 heterocycles. The molecule has 94 valence electrons. The Hall–Kier alpha value is -1.35. The first-order chi connectivity index (χ1) is 8.10. The second-order valence-corrected chi connectivity index (χ2v) is 4.13. The Labute approximate surface area is 102 Å². The minimum Gasteiger partial charge on any atom is -0.494 e. The van der Waals surface area contributed by atoms with E-state index < -0.39 is 0 Å². The number of ether oxygens (including phenoxy) is 1. The van der Waals surface area contributed by atoms with Gasteiger partial charge in [0.05, 0.1) is 13.2 Å². The highest BCUT2D eigenvalue weighted by molar-refractivity contribution is 5.35. The van der Waals surface area contributed by atoms with Crippen LogP contribution in [-0.4, -0.2) is 13.7 Å². The molecule has 1 atom stereocenters. The molecule has 0 saturated carbocycles. The van der Waals surface area contributed by atoms with E-state index in [1.807, 2.05) is 6.92 Å². The van der Waals surface area contributed by atoms with Crippen LogP contribution >= 0.6 is 0 Å². The lowest BCUT2D eigenvalue weighted by atomic mass is 10.0. The molecule has 1 aromatic carbocycles. The summed E-state index contributed by atoms with van der Waals surface area (Å²) in [6.45, 7) is 8.93. The van der Waals surface area contributed by atoms with Gasteiger partial charge in [0.1, 0.15) is 0 Å². The van der Waals surface area contributed by atoms with Gasteiger partial charge in [-0.1, -0.05) is 25.1 Å². The Kier molecular flexibility index (Phi) is 5.16. The molecule has 1 unspecified atom stereocenters. The molecule has 0 aliphatic carbocycles. The largest absolute Gasteiger partial charge is 0.494 e. The summed E-state index contributed by atoms with van der Waals surface area (Å²) in [7, 11) is 1.47. The van der Waals surface area contributed by atoms with Crippen molar-refractivity contribution in [3.05, 3.63) is 41.7 Å². The van der Waals surface area contributed by atoms with E-state index in [2.05, 4.69) is 18.8 Å². The lowest BCUT2D eigenvalue weighted by molar-refractivity contribution is 0.385. The second kappa shape index (κ2) is 6.40. The number of hydrogen-bond acceptors (Lipinski definition) is 2. The van der Waals surface area contributed by atoms with Crippen LogP contribution in [0.4, 0.5) is 4.39 Å². The van der Waals surface area contributed by atoms with E-state index in [9.17, 15) is 4.39 Å². The van der Waals surface area contributed by atoms with Gasteiger partial charge in [-0.05, 0) is 37.6 Å². The van der Waals surface area contributed by atoms with Crippen LogP contribution in [0.5, 0.6) is 5.75 Å².